The van der Waals surface area contributed by atoms with E-state index in [1.807, 2.05) is 31.2 Å². The van der Waals surface area contributed by atoms with Crippen molar-refractivity contribution in [2.24, 2.45) is 10.7 Å². The molecule has 0 amide bonds. The average molecular weight is 451 g/mol. The van der Waals surface area contributed by atoms with E-state index in [0.717, 1.165) is 70.2 Å². The van der Waals surface area contributed by atoms with Gasteiger partial charge in [-0.05, 0) is 55.2 Å². The molecule has 3 rings (SSSR count). The van der Waals surface area contributed by atoms with Crippen molar-refractivity contribution in [2.45, 2.75) is 25.8 Å². The zero-order valence-corrected chi connectivity index (χ0v) is 18.1. The number of halogens is 2. The summed E-state index contributed by atoms with van der Waals surface area (Å²) in [5, 5.41) is 0.775. The molecule has 2 aromatic rings. The lowest BCUT2D eigenvalue weighted by atomic mass is 9.98. The minimum Gasteiger partial charge on any atom is -0.496 e. The normalized spacial score (nSPS) is 15.0. The number of nitrogens with two attached hydrogens (primary N) is 1. The molecule has 2 aromatic carbocycles. The lowest BCUT2D eigenvalue weighted by Gasteiger charge is -2.24. The second-order valence-electron chi connectivity index (χ2n) is 6.85. The maximum Gasteiger partial charge on any atom is 0.131 e. The highest BCUT2D eigenvalue weighted by Crippen LogP contribution is 2.28. The van der Waals surface area contributed by atoms with Crippen LogP contribution in [0, 0.1) is 0 Å². The van der Waals surface area contributed by atoms with Crippen LogP contribution in [0.5, 0.6) is 5.75 Å². The van der Waals surface area contributed by atoms with Crippen LogP contribution in [0.15, 0.2) is 45.9 Å². The lowest BCUT2D eigenvalue weighted by molar-refractivity contribution is 0.409. The monoisotopic (exact) mass is 449 g/mol. The highest BCUT2D eigenvalue weighted by Gasteiger charge is 2.23. The zero-order valence-electron chi connectivity index (χ0n) is 15.7. The lowest BCUT2D eigenvalue weighted by Crippen LogP contribution is -2.38. The minimum atomic E-state index is 0.0989. The molecule has 0 aromatic heterocycles. The van der Waals surface area contributed by atoms with Gasteiger partial charge < -0.3 is 15.4 Å². The smallest absolute Gasteiger partial charge is 0.131 e. The van der Waals surface area contributed by atoms with Crippen molar-refractivity contribution in [3.05, 3.63) is 62.6 Å². The predicted octanol–water partition coefficient (Wildman–Crippen LogP) is 4.31. The van der Waals surface area contributed by atoms with Gasteiger partial charge in [-0.3, -0.25) is 4.99 Å². The standard InChI is InChI=1S/C21H25BrClN3O/c1-14(24)13-26-11-10-25-21(26)18-4-3-5-19(23)17(18)8-6-15-12-16(22)7-9-20(15)27-2/h3-5,7,9,12,14H,6,8,10-11,13,24H2,1-2H3. The van der Waals surface area contributed by atoms with Crippen LogP contribution in [0.1, 0.15) is 23.6 Å². The summed E-state index contributed by atoms with van der Waals surface area (Å²) in [7, 11) is 1.70. The van der Waals surface area contributed by atoms with Gasteiger partial charge >= 0.3 is 0 Å². The number of ether oxygens (including phenoxy) is 1. The number of hydrogen-bond donors (Lipinski definition) is 1. The summed E-state index contributed by atoms with van der Waals surface area (Å²) < 4.78 is 6.55. The Kier molecular flexibility index (Phi) is 6.79. The Balaban J connectivity index is 1.88. The first-order chi connectivity index (χ1) is 13.0. The van der Waals surface area contributed by atoms with E-state index < -0.39 is 0 Å². The first kappa shape index (κ1) is 20.2. The molecule has 1 heterocycles. The van der Waals surface area contributed by atoms with Crippen LogP contribution in [0.3, 0.4) is 0 Å². The molecule has 1 atom stereocenters. The van der Waals surface area contributed by atoms with Gasteiger partial charge in [-0.15, -0.1) is 0 Å². The summed E-state index contributed by atoms with van der Waals surface area (Å²) in [5.74, 6) is 1.90. The van der Waals surface area contributed by atoms with Crippen molar-refractivity contribution in [1.29, 1.82) is 0 Å². The Morgan fingerprint density at radius 3 is 2.85 bits per heavy atom. The first-order valence-corrected chi connectivity index (χ1v) is 10.3. The van der Waals surface area contributed by atoms with Crippen LogP contribution >= 0.6 is 27.5 Å². The molecule has 6 heteroatoms. The Morgan fingerprint density at radius 2 is 2.11 bits per heavy atom. The molecule has 27 heavy (non-hydrogen) atoms. The maximum absolute atomic E-state index is 6.59. The van der Waals surface area contributed by atoms with E-state index >= 15 is 0 Å². The quantitative estimate of drug-likeness (QED) is 0.684. The van der Waals surface area contributed by atoms with Crippen LogP contribution in [0.4, 0.5) is 0 Å². The number of rotatable bonds is 7. The van der Waals surface area contributed by atoms with E-state index in [0.29, 0.717) is 0 Å². The van der Waals surface area contributed by atoms with Gasteiger partial charge in [0, 0.05) is 34.2 Å². The van der Waals surface area contributed by atoms with Crippen molar-refractivity contribution in [3.8, 4) is 5.75 Å². The molecule has 0 aliphatic carbocycles. The van der Waals surface area contributed by atoms with E-state index in [4.69, 9.17) is 27.1 Å². The van der Waals surface area contributed by atoms with Gasteiger partial charge in [-0.2, -0.15) is 0 Å². The topological polar surface area (TPSA) is 50.8 Å². The van der Waals surface area contributed by atoms with Crippen molar-refractivity contribution < 1.29 is 4.74 Å². The third-order valence-electron chi connectivity index (χ3n) is 4.69. The summed E-state index contributed by atoms with van der Waals surface area (Å²) in [6, 6.07) is 12.2. The number of aliphatic imine (C=N–C) groups is 1. The highest BCUT2D eigenvalue weighted by molar-refractivity contribution is 9.10. The zero-order chi connectivity index (χ0) is 19.4. The minimum absolute atomic E-state index is 0.0989. The molecule has 0 bridgehead atoms. The SMILES string of the molecule is COc1ccc(Br)cc1CCc1c(Cl)cccc1C1=NCCN1CC(C)N. The van der Waals surface area contributed by atoms with Gasteiger partial charge in [-0.1, -0.05) is 39.7 Å². The van der Waals surface area contributed by atoms with E-state index in [2.05, 4.69) is 33.0 Å². The van der Waals surface area contributed by atoms with E-state index in [-0.39, 0.29) is 6.04 Å². The van der Waals surface area contributed by atoms with Gasteiger partial charge in [-0.25, -0.2) is 0 Å². The van der Waals surface area contributed by atoms with E-state index in [1.54, 1.807) is 7.11 Å². The average Bonchev–Trinajstić information content (AvgIpc) is 3.07. The molecular weight excluding hydrogens is 426 g/mol. The maximum atomic E-state index is 6.59. The summed E-state index contributed by atoms with van der Waals surface area (Å²) >= 11 is 10.1. The van der Waals surface area contributed by atoms with Gasteiger partial charge in [0.05, 0.1) is 13.7 Å². The van der Waals surface area contributed by atoms with Crippen molar-refractivity contribution in [2.75, 3.05) is 26.7 Å². The van der Waals surface area contributed by atoms with Crippen LogP contribution in [-0.4, -0.2) is 43.5 Å². The summed E-state index contributed by atoms with van der Waals surface area (Å²) in [6.45, 7) is 4.52. The van der Waals surface area contributed by atoms with Crippen molar-refractivity contribution in [3.63, 3.8) is 0 Å². The molecule has 0 saturated carbocycles. The number of nitrogens with zero attached hydrogens (tertiary/aromatic N) is 2. The van der Waals surface area contributed by atoms with E-state index in [9.17, 15) is 0 Å². The van der Waals surface area contributed by atoms with E-state index in [1.165, 1.54) is 0 Å². The Morgan fingerprint density at radius 1 is 1.30 bits per heavy atom. The number of amidine groups is 1. The molecule has 1 aliphatic rings. The molecular formula is C21H25BrClN3O. The number of aryl methyl sites for hydroxylation is 1. The highest BCUT2D eigenvalue weighted by atomic mass is 79.9. The molecule has 4 nitrogen and oxygen atoms in total. The Labute approximate surface area is 174 Å². The third-order valence-corrected chi connectivity index (χ3v) is 5.53. The van der Waals surface area contributed by atoms with Crippen LogP contribution < -0.4 is 10.5 Å². The molecule has 0 saturated heterocycles. The fourth-order valence-corrected chi connectivity index (χ4v) is 4.17. The van der Waals surface area contributed by atoms with Gasteiger partial charge in [0.25, 0.3) is 0 Å². The largest absolute Gasteiger partial charge is 0.496 e. The number of benzene rings is 2. The molecule has 0 radical (unpaired) electrons. The first-order valence-electron chi connectivity index (χ1n) is 9.14. The molecule has 2 N–H and O–H groups in total. The van der Waals surface area contributed by atoms with Gasteiger partial charge in [0.2, 0.25) is 0 Å². The Bertz CT molecular complexity index is 838. The number of hydrogen-bond acceptors (Lipinski definition) is 4. The molecule has 1 aliphatic heterocycles. The van der Waals surface area contributed by atoms with Gasteiger partial charge in [0.1, 0.15) is 11.6 Å². The van der Waals surface area contributed by atoms with Gasteiger partial charge in [0.15, 0.2) is 0 Å². The van der Waals surface area contributed by atoms with Crippen LogP contribution in [0.25, 0.3) is 0 Å². The summed E-state index contributed by atoms with van der Waals surface area (Å²) in [4.78, 5) is 7.00. The molecule has 0 fully saturated rings. The molecule has 0 spiro atoms. The molecule has 1 unspecified atom stereocenters. The Hall–Kier alpha value is -1.56. The fourth-order valence-electron chi connectivity index (χ4n) is 3.49. The second-order valence-corrected chi connectivity index (χ2v) is 8.17. The third kappa shape index (κ3) is 4.84. The molecule has 144 valence electrons. The summed E-state index contributed by atoms with van der Waals surface area (Å²) in [6.07, 6.45) is 1.65. The summed E-state index contributed by atoms with van der Waals surface area (Å²) in [5.41, 5.74) is 9.40. The van der Waals surface area contributed by atoms with Crippen LogP contribution in [-0.2, 0) is 12.8 Å². The second kappa shape index (κ2) is 9.09. The number of methoxy groups -OCH3 is 1. The van der Waals surface area contributed by atoms with Crippen molar-refractivity contribution >= 4 is 33.4 Å². The van der Waals surface area contributed by atoms with Crippen molar-refractivity contribution in [1.82, 2.24) is 4.90 Å². The van der Waals surface area contributed by atoms with Crippen LogP contribution in [0.2, 0.25) is 5.02 Å². The predicted molar refractivity (Wildman–Crippen MR) is 116 cm³/mol. The fraction of sp³-hybridized carbons (Fsp3) is 0.381.